The second kappa shape index (κ2) is 5.98. The molecule has 0 unspecified atom stereocenters. The van der Waals surface area contributed by atoms with Crippen LogP contribution in [-0.2, 0) is 6.54 Å². The highest BCUT2D eigenvalue weighted by Crippen LogP contribution is 2.24. The molecule has 1 aliphatic rings. The summed E-state index contributed by atoms with van der Waals surface area (Å²) in [5, 5.41) is 3.43. The summed E-state index contributed by atoms with van der Waals surface area (Å²) < 4.78 is 5.21. The molecule has 1 aromatic heterocycles. The molecule has 0 aromatic carbocycles. The molecule has 1 heterocycles. The minimum atomic E-state index is 0.718. The maximum absolute atomic E-state index is 5.21. The third-order valence-electron chi connectivity index (χ3n) is 3.17. The molecule has 1 aromatic rings. The first kappa shape index (κ1) is 12.3. The van der Waals surface area contributed by atoms with Gasteiger partial charge in [-0.05, 0) is 26.0 Å². The Kier molecular flexibility index (Phi) is 4.34. The Morgan fingerprint density at radius 1 is 1.53 bits per heavy atom. The highest BCUT2D eigenvalue weighted by atomic mass is 16.5. The Bertz CT molecular complexity index is 352. The van der Waals surface area contributed by atoms with Crippen LogP contribution in [0.1, 0.15) is 18.4 Å². The van der Waals surface area contributed by atoms with Crippen molar-refractivity contribution in [2.75, 3.05) is 27.2 Å². The summed E-state index contributed by atoms with van der Waals surface area (Å²) in [6, 6.07) is 4.82. The van der Waals surface area contributed by atoms with Crippen LogP contribution in [-0.4, -0.2) is 43.2 Å². The van der Waals surface area contributed by atoms with Gasteiger partial charge in [0, 0.05) is 37.4 Å². The molecular formula is C13H21N3O. The molecule has 0 aliphatic heterocycles. The molecule has 0 spiro atoms. The van der Waals surface area contributed by atoms with Gasteiger partial charge in [0.05, 0.1) is 7.11 Å². The maximum Gasteiger partial charge on any atom is 0.217 e. The van der Waals surface area contributed by atoms with E-state index >= 15 is 0 Å². The predicted octanol–water partition coefficient (Wildman–Crippen LogP) is 1.27. The normalized spacial score (nSPS) is 15.2. The monoisotopic (exact) mass is 235 g/mol. The molecule has 0 radical (unpaired) electrons. The molecule has 0 atom stereocenters. The molecule has 94 valence electrons. The number of hydrogen-bond donors (Lipinski definition) is 1. The van der Waals surface area contributed by atoms with Crippen molar-refractivity contribution in [3.8, 4) is 5.88 Å². The van der Waals surface area contributed by atoms with Gasteiger partial charge in [-0.15, -0.1) is 0 Å². The Labute approximate surface area is 103 Å². The Hall–Kier alpha value is -1.13. The zero-order chi connectivity index (χ0) is 12.1. The molecular weight excluding hydrogens is 214 g/mol. The predicted molar refractivity (Wildman–Crippen MR) is 68.1 cm³/mol. The molecule has 1 N–H and O–H groups in total. The van der Waals surface area contributed by atoms with Crippen molar-refractivity contribution in [3.63, 3.8) is 0 Å². The van der Waals surface area contributed by atoms with Gasteiger partial charge in [0.25, 0.3) is 0 Å². The van der Waals surface area contributed by atoms with Crippen molar-refractivity contribution < 1.29 is 4.74 Å². The molecule has 4 heteroatoms. The summed E-state index contributed by atoms with van der Waals surface area (Å²) in [5.74, 6) is 0.718. The molecule has 1 saturated carbocycles. The number of pyridine rings is 1. The smallest absolute Gasteiger partial charge is 0.217 e. The fourth-order valence-corrected chi connectivity index (χ4v) is 1.92. The van der Waals surface area contributed by atoms with Gasteiger partial charge < -0.3 is 15.0 Å². The first-order valence-corrected chi connectivity index (χ1v) is 6.20. The van der Waals surface area contributed by atoms with Gasteiger partial charge in [-0.25, -0.2) is 4.98 Å². The quantitative estimate of drug-likeness (QED) is 0.722. The summed E-state index contributed by atoms with van der Waals surface area (Å²) in [5.41, 5.74) is 1.11. The Morgan fingerprint density at radius 2 is 2.35 bits per heavy atom. The summed E-state index contributed by atoms with van der Waals surface area (Å²) in [6.07, 6.45) is 4.49. The van der Waals surface area contributed by atoms with E-state index in [2.05, 4.69) is 22.2 Å². The molecule has 0 bridgehead atoms. The standard InChI is InChI=1S/C13H21N3O/c1-16(12-5-6-12)9-8-14-10-11-4-3-7-15-13(11)17-2/h3-4,7,12,14H,5-6,8-10H2,1-2H3. The van der Waals surface area contributed by atoms with Crippen LogP contribution in [0.2, 0.25) is 0 Å². The van der Waals surface area contributed by atoms with E-state index in [1.54, 1.807) is 13.3 Å². The fourth-order valence-electron chi connectivity index (χ4n) is 1.92. The number of rotatable bonds is 7. The van der Waals surface area contributed by atoms with E-state index in [4.69, 9.17) is 4.74 Å². The zero-order valence-corrected chi connectivity index (χ0v) is 10.6. The SMILES string of the molecule is COc1ncccc1CNCCN(C)C1CC1. The summed E-state index contributed by atoms with van der Waals surface area (Å²) >= 11 is 0. The van der Waals surface area contributed by atoms with Crippen LogP contribution >= 0.6 is 0 Å². The van der Waals surface area contributed by atoms with E-state index in [-0.39, 0.29) is 0 Å². The molecule has 1 fully saturated rings. The van der Waals surface area contributed by atoms with Gasteiger partial charge in [0.1, 0.15) is 0 Å². The summed E-state index contributed by atoms with van der Waals surface area (Å²) in [7, 11) is 3.86. The zero-order valence-electron chi connectivity index (χ0n) is 10.6. The van der Waals surface area contributed by atoms with E-state index in [1.165, 1.54) is 12.8 Å². The molecule has 0 saturated heterocycles. The lowest BCUT2D eigenvalue weighted by molar-refractivity contribution is 0.321. The number of likely N-dealkylation sites (N-methyl/N-ethyl adjacent to an activating group) is 1. The summed E-state index contributed by atoms with van der Waals surface area (Å²) in [4.78, 5) is 6.60. The van der Waals surface area contributed by atoms with Crippen molar-refractivity contribution in [1.82, 2.24) is 15.2 Å². The van der Waals surface area contributed by atoms with Gasteiger partial charge in [0.2, 0.25) is 5.88 Å². The van der Waals surface area contributed by atoms with E-state index in [0.717, 1.165) is 37.1 Å². The van der Waals surface area contributed by atoms with Gasteiger partial charge in [0.15, 0.2) is 0 Å². The van der Waals surface area contributed by atoms with Crippen LogP contribution in [0.25, 0.3) is 0 Å². The molecule has 4 nitrogen and oxygen atoms in total. The van der Waals surface area contributed by atoms with Crippen LogP contribution < -0.4 is 10.1 Å². The third kappa shape index (κ3) is 3.68. The van der Waals surface area contributed by atoms with E-state index in [9.17, 15) is 0 Å². The number of nitrogens with one attached hydrogen (secondary N) is 1. The van der Waals surface area contributed by atoms with Crippen LogP contribution in [0.3, 0.4) is 0 Å². The second-order valence-corrected chi connectivity index (χ2v) is 4.56. The minimum absolute atomic E-state index is 0.718. The van der Waals surface area contributed by atoms with Crippen molar-refractivity contribution in [1.29, 1.82) is 0 Å². The van der Waals surface area contributed by atoms with Crippen LogP contribution in [0, 0.1) is 0 Å². The fraction of sp³-hybridized carbons (Fsp3) is 0.615. The highest BCUT2D eigenvalue weighted by Gasteiger charge is 2.25. The van der Waals surface area contributed by atoms with Gasteiger partial charge in [-0.3, -0.25) is 0 Å². The average molecular weight is 235 g/mol. The third-order valence-corrected chi connectivity index (χ3v) is 3.17. The van der Waals surface area contributed by atoms with Crippen molar-refractivity contribution in [2.24, 2.45) is 0 Å². The summed E-state index contributed by atoms with van der Waals surface area (Å²) in [6.45, 7) is 2.92. The maximum atomic E-state index is 5.21. The topological polar surface area (TPSA) is 37.4 Å². The molecule has 0 amide bonds. The minimum Gasteiger partial charge on any atom is -0.481 e. The Balaban J connectivity index is 1.70. The average Bonchev–Trinajstić information content (AvgIpc) is 3.19. The first-order chi connectivity index (χ1) is 8.31. The Morgan fingerprint density at radius 3 is 3.06 bits per heavy atom. The number of aromatic nitrogens is 1. The lowest BCUT2D eigenvalue weighted by Gasteiger charge is -2.16. The molecule has 17 heavy (non-hydrogen) atoms. The first-order valence-electron chi connectivity index (χ1n) is 6.20. The van der Waals surface area contributed by atoms with Gasteiger partial charge >= 0.3 is 0 Å². The van der Waals surface area contributed by atoms with Crippen LogP contribution in [0.15, 0.2) is 18.3 Å². The van der Waals surface area contributed by atoms with E-state index in [0.29, 0.717) is 0 Å². The molecule has 1 aliphatic carbocycles. The molecule has 2 rings (SSSR count). The van der Waals surface area contributed by atoms with Crippen LogP contribution in [0.4, 0.5) is 0 Å². The number of nitrogens with zero attached hydrogens (tertiary/aromatic N) is 2. The van der Waals surface area contributed by atoms with Gasteiger partial charge in [-0.2, -0.15) is 0 Å². The highest BCUT2D eigenvalue weighted by molar-refractivity contribution is 5.24. The van der Waals surface area contributed by atoms with E-state index < -0.39 is 0 Å². The lowest BCUT2D eigenvalue weighted by atomic mass is 10.2. The number of methoxy groups -OCH3 is 1. The lowest BCUT2D eigenvalue weighted by Crippen LogP contribution is -2.30. The van der Waals surface area contributed by atoms with Gasteiger partial charge in [-0.1, -0.05) is 6.07 Å². The second-order valence-electron chi connectivity index (χ2n) is 4.56. The van der Waals surface area contributed by atoms with E-state index in [1.807, 2.05) is 12.1 Å². The van der Waals surface area contributed by atoms with Crippen molar-refractivity contribution >= 4 is 0 Å². The number of ether oxygens (including phenoxy) is 1. The van der Waals surface area contributed by atoms with Crippen molar-refractivity contribution in [3.05, 3.63) is 23.9 Å². The largest absolute Gasteiger partial charge is 0.481 e. The van der Waals surface area contributed by atoms with Crippen molar-refractivity contribution in [2.45, 2.75) is 25.4 Å². The van der Waals surface area contributed by atoms with Crippen LogP contribution in [0.5, 0.6) is 5.88 Å². The number of hydrogen-bond acceptors (Lipinski definition) is 4.